The van der Waals surface area contributed by atoms with E-state index in [0.29, 0.717) is 38.1 Å². The second-order valence-corrected chi connectivity index (χ2v) is 7.42. The normalized spacial score (nSPS) is 32.6. The lowest BCUT2D eigenvalue weighted by molar-refractivity contribution is 0.210. The zero-order valence-corrected chi connectivity index (χ0v) is 12.2. The molecule has 6 heteroatoms. The first-order chi connectivity index (χ1) is 8.55. The van der Waals surface area contributed by atoms with Gasteiger partial charge in [-0.1, -0.05) is 13.3 Å². The molecule has 0 aromatic rings. The van der Waals surface area contributed by atoms with Gasteiger partial charge in [0, 0.05) is 32.2 Å². The summed E-state index contributed by atoms with van der Waals surface area (Å²) in [7, 11) is -1.26. The fourth-order valence-electron chi connectivity index (χ4n) is 3.00. The van der Waals surface area contributed by atoms with Crippen LogP contribution in [0, 0.1) is 5.92 Å². The molecular formula is C12H25N3O2S. The molecule has 0 aromatic carbocycles. The number of rotatable bonds is 3. The molecule has 2 atom stereocenters. The predicted molar refractivity (Wildman–Crippen MR) is 72.5 cm³/mol. The largest absolute Gasteiger partial charge is 0.317 e. The van der Waals surface area contributed by atoms with Crippen molar-refractivity contribution in [1.82, 2.24) is 13.9 Å². The number of nitrogens with zero attached hydrogens (tertiary/aromatic N) is 2. The molecule has 0 spiro atoms. The molecular weight excluding hydrogens is 250 g/mol. The van der Waals surface area contributed by atoms with Crippen LogP contribution >= 0.6 is 0 Å². The van der Waals surface area contributed by atoms with E-state index in [1.807, 2.05) is 7.05 Å². The number of hydrogen-bond donors (Lipinski definition) is 1. The molecule has 2 rings (SSSR count). The van der Waals surface area contributed by atoms with Crippen LogP contribution in [0.1, 0.15) is 32.6 Å². The van der Waals surface area contributed by atoms with Gasteiger partial charge in [-0.05, 0) is 32.2 Å². The van der Waals surface area contributed by atoms with Crippen molar-refractivity contribution in [3.8, 4) is 0 Å². The molecule has 2 aliphatic heterocycles. The van der Waals surface area contributed by atoms with Gasteiger partial charge in [-0.15, -0.1) is 0 Å². The average molecular weight is 275 g/mol. The first-order valence-corrected chi connectivity index (χ1v) is 8.38. The van der Waals surface area contributed by atoms with Crippen LogP contribution in [0.2, 0.25) is 0 Å². The molecule has 18 heavy (non-hydrogen) atoms. The Morgan fingerprint density at radius 1 is 1.06 bits per heavy atom. The Morgan fingerprint density at radius 3 is 2.28 bits per heavy atom. The highest BCUT2D eigenvalue weighted by molar-refractivity contribution is 7.86. The highest BCUT2D eigenvalue weighted by Gasteiger charge is 2.35. The van der Waals surface area contributed by atoms with Crippen LogP contribution in [0.25, 0.3) is 0 Å². The van der Waals surface area contributed by atoms with Gasteiger partial charge < -0.3 is 5.32 Å². The second-order valence-electron chi connectivity index (χ2n) is 5.49. The number of hydrogen-bond acceptors (Lipinski definition) is 3. The first-order valence-electron chi connectivity index (χ1n) is 6.98. The molecule has 2 saturated heterocycles. The zero-order valence-electron chi connectivity index (χ0n) is 11.4. The average Bonchev–Trinajstić information content (AvgIpc) is 2.39. The smallest absolute Gasteiger partial charge is 0.281 e. The minimum Gasteiger partial charge on any atom is -0.317 e. The molecule has 106 valence electrons. The summed E-state index contributed by atoms with van der Waals surface area (Å²) in [6, 6.07) is 0.442. The number of piperidine rings is 2. The molecule has 0 aliphatic carbocycles. The fraction of sp³-hybridized carbons (Fsp3) is 1.00. The first kappa shape index (κ1) is 14.2. The topological polar surface area (TPSA) is 52.7 Å². The molecule has 0 radical (unpaired) electrons. The van der Waals surface area contributed by atoms with Crippen molar-refractivity contribution in [2.75, 3.05) is 33.2 Å². The highest BCUT2D eigenvalue weighted by Crippen LogP contribution is 2.23. The van der Waals surface area contributed by atoms with Crippen molar-refractivity contribution < 1.29 is 8.42 Å². The Kier molecular flexibility index (Phi) is 4.64. The standard InChI is InChI=1S/C12H25N3O2S/c1-11-10-15(9-6-12(11)13-2)18(16,17)14-7-4-3-5-8-14/h11-13H,3-10H2,1-2H3. The zero-order chi connectivity index (χ0) is 13.2. The third-order valence-corrected chi connectivity index (χ3v) is 6.21. The lowest BCUT2D eigenvalue weighted by Gasteiger charge is -2.39. The minimum atomic E-state index is -3.21. The third kappa shape index (κ3) is 2.87. The molecule has 2 fully saturated rings. The minimum absolute atomic E-state index is 0.378. The van der Waals surface area contributed by atoms with Crippen molar-refractivity contribution >= 4 is 10.2 Å². The van der Waals surface area contributed by atoms with Gasteiger partial charge in [-0.3, -0.25) is 0 Å². The van der Waals surface area contributed by atoms with E-state index < -0.39 is 10.2 Å². The molecule has 0 saturated carbocycles. The van der Waals surface area contributed by atoms with Crippen LogP contribution in [-0.2, 0) is 10.2 Å². The van der Waals surface area contributed by atoms with E-state index in [2.05, 4.69) is 12.2 Å². The molecule has 2 aliphatic rings. The van der Waals surface area contributed by atoms with Crippen LogP contribution in [-0.4, -0.2) is 56.3 Å². The SMILES string of the molecule is CNC1CCN(S(=O)(=O)N2CCCCC2)CC1C. The molecule has 1 N–H and O–H groups in total. The summed E-state index contributed by atoms with van der Waals surface area (Å²) >= 11 is 0. The van der Waals surface area contributed by atoms with Gasteiger partial charge in [0.05, 0.1) is 0 Å². The Balaban J connectivity index is 2.02. The van der Waals surface area contributed by atoms with Gasteiger partial charge in [-0.25, -0.2) is 0 Å². The Bertz CT molecular complexity index is 366. The maximum atomic E-state index is 12.5. The van der Waals surface area contributed by atoms with Crippen molar-refractivity contribution in [2.24, 2.45) is 5.92 Å². The van der Waals surface area contributed by atoms with Gasteiger partial charge in [-0.2, -0.15) is 17.0 Å². The lowest BCUT2D eigenvalue weighted by atomic mass is 9.96. The number of nitrogens with one attached hydrogen (secondary N) is 1. The summed E-state index contributed by atoms with van der Waals surface area (Å²) < 4.78 is 28.4. The molecule has 0 bridgehead atoms. The molecule has 2 heterocycles. The van der Waals surface area contributed by atoms with Crippen molar-refractivity contribution in [3.05, 3.63) is 0 Å². The second kappa shape index (κ2) is 5.86. The molecule has 0 amide bonds. The fourth-order valence-corrected chi connectivity index (χ4v) is 4.81. The Labute approximate surface area is 111 Å². The third-order valence-electron chi connectivity index (χ3n) is 4.21. The molecule has 0 aromatic heterocycles. The van der Waals surface area contributed by atoms with E-state index in [9.17, 15) is 8.42 Å². The van der Waals surface area contributed by atoms with E-state index in [1.54, 1.807) is 8.61 Å². The van der Waals surface area contributed by atoms with Gasteiger partial charge in [0.1, 0.15) is 0 Å². The van der Waals surface area contributed by atoms with Crippen molar-refractivity contribution in [3.63, 3.8) is 0 Å². The predicted octanol–water partition coefficient (Wildman–Crippen LogP) is 0.647. The molecule has 2 unspecified atom stereocenters. The van der Waals surface area contributed by atoms with Crippen LogP contribution in [0.5, 0.6) is 0 Å². The van der Waals surface area contributed by atoms with Crippen LogP contribution in [0.15, 0.2) is 0 Å². The van der Waals surface area contributed by atoms with E-state index in [0.717, 1.165) is 25.7 Å². The summed E-state index contributed by atoms with van der Waals surface area (Å²) in [6.07, 6.45) is 4.07. The highest BCUT2D eigenvalue weighted by atomic mass is 32.2. The quantitative estimate of drug-likeness (QED) is 0.823. The van der Waals surface area contributed by atoms with E-state index in [-0.39, 0.29) is 0 Å². The monoisotopic (exact) mass is 275 g/mol. The van der Waals surface area contributed by atoms with Gasteiger partial charge >= 0.3 is 0 Å². The van der Waals surface area contributed by atoms with Crippen molar-refractivity contribution in [2.45, 2.75) is 38.6 Å². The van der Waals surface area contributed by atoms with Crippen molar-refractivity contribution in [1.29, 1.82) is 0 Å². The van der Waals surface area contributed by atoms with Crippen LogP contribution in [0.4, 0.5) is 0 Å². The maximum Gasteiger partial charge on any atom is 0.281 e. The van der Waals surface area contributed by atoms with E-state index >= 15 is 0 Å². The van der Waals surface area contributed by atoms with E-state index in [1.165, 1.54) is 0 Å². The summed E-state index contributed by atoms with van der Waals surface area (Å²) in [6.45, 7) is 4.81. The summed E-state index contributed by atoms with van der Waals surface area (Å²) in [4.78, 5) is 0. The van der Waals surface area contributed by atoms with Gasteiger partial charge in [0.15, 0.2) is 0 Å². The molecule has 5 nitrogen and oxygen atoms in total. The van der Waals surface area contributed by atoms with Crippen LogP contribution < -0.4 is 5.32 Å². The van der Waals surface area contributed by atoms with Gasteiger partial charge in [0.2, 0.25) is 0 Å². The summed E-state index contributed by atoms with van der Waals surface area (Å²) in [5.41, 5.74) is 0. The van der Waals surface area contributed by atoms with E-state index in [4.69, 9.17) is 0 Å². The maximum absolute atomic E-state index is 12.5. The summed E-state index contributed by atoms with van der Waals surface area (Å²) in [5.74, 6) is 0.378. The lowest BCUT2D eigenvalue weighted by Crippen LogP contribution is -2.53. The van der Waals surface area contributed by atoms with Crippen LogP contribution in [0.3, 0.4) is 0 Å². The Morgan fingerprint density at radius 2 is 1.72 bits per heavy atom. The summed E-state index contributed by atoms with van der Waals surface area (Å²) in [5, 5.41) is 3.27. The Hall–Kier alpha value is -0.170. The van der Waals surface area contributed by atoms with Gasteiger partial charge in [0.25, 0.3) is 10.2 Å².